The van der Waals surface area contributed by atoms with E-state index in [1.54, 1.807) is 17.5 Å². The Balaban J connectivity index is 2.10. The number of aromatic nitrogens is 3. The topological polar surface area (TPSA) is 42.7 Å². The molecule has 0 aliphatic rings. The first-order chi connectivity index (χ1) is 7.16. The van der Waals surface area contributed by atoms with E-state index in [1.165, 1.54) is 4.88 Å². The van der Waals surface area contributed by atoms with Gasteiger partial charge in [-0.1, -0.05) is 0 Å². The fourth-order valence-corrected chi connectivity index (χ4v) is 2.17. The highest BCUT2D eigenvalue weighted by atomic mass is 32.1. The summed E-state index contributed by atoms with van der Waals surface area (Å²) in [5.41, 5.74) is 0. The summed E-state index contributed by atoms with van der Waals surface area (Å²) in [5, 5.41) is 8.60. The first kappa shape index (κ1) is 10.2. The van der Waals surface area contributed by atoms with Gasteiger partial charge >= 0.3 is 0 Å². The number of rotatable bonds is 3. The second-order valence-corrected chi connectivity index (χ2v) is 4.75. The minimum atomic E-state index is 0.270. The molecule has 1 atom stereocenters. The standard InChI is InChI=1S/C10H14N4S/c1-7(9-6-11-8(2)15-9)13-10-4-5-12-14(10)3/h4-7,13H,1-3H3. The van der Waals surface area contributed by atoms with Crippen LogP contribution in [0.5, 0.6) is 0 Å². The van der Waals surface area contributed by atoms with Crippen molar-refractivity contribution in [1.82, 2.24) is 14.8 Å². The van der Waals surface area contributed by atoms with Crippen LogP contribution in [0.1, 0.15) is 22.9 Å². The third kappa shape index (κ3) is 2.18. The van der Waals surface area contributed by atoms with Crippen molar-refractivity contribution in [2.24, 2.45) is 7.05 Å². The molecule has 15 heavy (non-hydrogen) atoms. The number of hydrogen-bond donors (Lipinski definition) is 1. The fraction of sp³-hybridized carbons (Fsp3) is 0.400. The monoisotopic (exact) mass is 222 g/mol. The normalized spacial score (nSPS) is 12.7. The van der Waals surface area contributed by atoms with Crippen LogP contribution < -0.4 is 5.32 Å². The molecular weight excluding hydrogens is 208 g/mol. The minimum absolute atomic E-state index is 0.270. The highest BCUT2D eigenvalue weighted by molar-refractivity contribution is 7.11. The number of hydrogen-bond acceptors (Lipinski definition) is 4. The Morgan fingerprint density at radius 2 is 2.33 bits per heavy atom. The van der Waals surface area contributed by atoms with Gasteiger partial charge in [0.15, 0.2) is 0 Å². The third-order valence-electron chi connectivity index (χ3n) is 2.25. The number of anilines is 1. The lowest BCUT2D eigenvalue weighted by atomic mass is 10.3. The van der Waals surface area contributed by atoms with Crippen LogP contribution in [0.4, 0.5) is 5.82 Å². The summed E-state index contributed by atoms with van der Waals surface area (Å²) in [6.07, 6.45) is 3.71. The zero-order valence-corrected chi connectivity index (χ0v) is 9.88. The molecule has 0 spiro atoms. The molecule has 0 amide bonds. The summed E-state index contributed by atoms with van der Waals surface area (Å²) < 4.78 is 1.82. The van der Waals surface area contributed by atoms with Crippen molar-refractivity contribution >= 4 is 17.2 Å². The molecule has 0 saturated heterocycles. The van der Waals surface area contributed by atoms with Gasteiger partial charge in [-0.05, 0) is 13.8 Å². The Labute approximate surface area is 93.0 Å². The Morgan fingerprint density at radius 1 is 1.53 bits per heavy atom. The number of aryl methyl sites for hydroxylation is 2. The maximum atomic E-state index is 4.25. The van der Waals surface area contributed by atoms with E-state index in [0.29, 0.717) is 0 Å². The van der Waals surface area contributed by atoms with Crippen LogP contribution in [0.3, 0.4) is 0 Å². The Hall–Kier alpha value is -1.36. The zero-order chi connectivity index (χ0) is 10.8. The van der Waals surface area contributed by atoms with E-state index in [1.807, 2.05) is 30.9 Å². The lowest BCUT2D eigenvalue weighted by Gasteiger charge is -2.12. The summed E-state index contributed by atoms with van der Waals surface area (Å²) in [7, 11) is 1.92. The van der Waals surface area contributed by atoms with Crippen molar-refractivity contribution in [3.63, 3.8) is 0 Å². The lowest BCUT2D eigenvalue weighted by Crippen LogP contribution is -2.08. The van der Waals surface area contributed by atoms with Crippen LogP contribution in [-0.2, 0) is 7.05 Å². The average molecular weight is 222 g/mol. The van der Waals surface area contributed by atoms with Gasteiger partial charge in [-0.2, -0.15) is 5.10 Å². The lowest BCUT2D eigenvalue weighted by molar-refractivity contribution is 0.753. The van der Waals surface area contributed by atoms with Crippen LogP contribution in [0.15, 0.2) is 18.5 Å². The van der Waals surface area contributed by atoms with Gasteiger partial charge in [-0.3, -0.25) is 4.68 Å². The molecule has 0 aliphatic heterocycles. The molecule has 2 heterocycles. The minimum Gasteiger partial charge on any atom is -0.363 e. The van der Waals surface area contributed by atoms with Gasteiger partial charge in [0, 0.05) is 24.2 Å². The Kier molecular flexibility index (Phi) is 2.73. The number of nitrogens with one attached hydrogen (secondary N) is 1. The molecule has 2 aromatic rings. The van der Waals surface area contributed by atoms with Crippen molar-refractivity contribution in [2.75, 3.05) is 5.32 Å². The highest BCUT2D eigenvalue weighted by Gasteiger charge is 2.09. The van der Waals surface area contributed by atoms with Gasteiger partial charge in [0.05, 0.1) is 17.2 Å². The summed E-state index contributed by atoms with van der Waals surface area (Å²) in [5.74, 6) is 1.02. The van der Waals surface area contributed by atoms with E-state index in [0.717, 1.165) is 10.8 Å². The second-order valence-electron chi connectivity index (χ2n) is 3.49. The van der Waals surface area contributed by atoms with Crippen LogP contribution >= 0.6 is 11.3 Å². The van der Waals surface area contributed by atoms with E-state index >= 15 is 0 Å². The smallest absolute Gasteiger partial charge is 0.124 e. The second kappa shape index (κ2) is 4.02. The van der Waals surface area contributed by atoms with E-state index in [2.05, 4.69) is 22.3 Å². The molecule has 2 aromatic heterocycles. The molecular formula is C10H14N4S. The van der Waals surface area contributed by atoms with Gasteiger partial charge in [0.25, 0.3) is 0 Å². The van der Waals surface area contributed by atoms with Gasteiger partial charge < -0.3 is 5.32 Å². The van der Waals surface area contributed by atoms with Crippen molar-refractivity contribution in [3.8, 4) is 0 Å². The molecule has 0 radical (unpaired) electrons. The quantitative estimate of drug-likeness (QED) is 0.867. The highest BCUT2D eigenvalue weighted by Crippen LogP contribution is 2.23. The van der Waals surface area contributed by atoms with Crippen molar-refractivity contribution in [3.05, 3.63) is 28.3 Å². The summed E-state index contributed by atoms with van der Waals surface area (Å²) >= 11 is 1.72. The molecule has 1 unspecified atom stereocenters. The summed E-state index contributed by atoms with van der Waals surface area (Å²) in [4.78, 5) is 5.49. The van der Waals surface area contributed by atoms with Crippen molar-refractivity contribution < 1.29 is 0 Å². The van der Waals surface area contributed by atoms with Gasteiger partial charge in [0.1, 0.15) is 5.82 Å². The Bertz CT molecular complexity index is 446. The first-order valence-corrected chi connectivity index (χ1v) is 5.65. The average Bonchev–Trinajstić information content (AvgIpc) is 2.77. The molecule has 0 fully saturated rings. The molecule has 2 rings (SSSR count). The Morgan fingerprint density at radius 3 is 2.87 bits per heavy atom. The molecule has 0 bridgehead atoms. The van der Waals surface area contributed by atoms with Crippen LogP contribution in [-0.4, -0.2) is 14.8 Å². The molecule has 1 N–H and O–H groups in total. The number of thiazole rings is 1. The zero-order valence-electron chi connectivity index (χ0n) is 9.06. The van der Waals surface area contributed by atoms with Crippen LogP contribution in [0, 0.1) is 6.92 Å². The fourth-order valence-electron chi connectivity index (χ4n) is 1.39. The van der Waals surface area contributed by atoms with Gasteiger partial charge in [0.2, 0.25) is 0 Å². The van der Waals surface area contributed by atoms with E-state index in [9.17, 15) is 0 Å². The van der Waals surface area contributed by atoms with Gasteiger partial charge in [-0.25, -0.2) is 4.98 Å². The van der Waals surface area contributed by atoms with Crippen LogP contribution in [0.2, 0.25) is 0 Å². The summed E-state index contributed by atoms with van der Waals surface area (Å²) in [6, 6.07) is 2.23. The predicted octanol–water partition coefficient (Wildman–Crippen LogP) is 2.36. The van der Waals surface area contributed by atoms with E-state index in [4.69, 9.17) is 0 Å². The molecule has 4 nitrogen and oxygen atoms in total. The largest absolute Gasteiger partial charge is 0.363 e. The van der Waals surface area contributed by atoms with Crippen LogP contribution in [0.25, 0.3) is 0 Å². The number of nitrogens with zero attached hydrogens (tertiary/aromatic N) is 3. The predicted molar refractivity (Wildman–Crippen MR) is 62.1 cm³/mol. The maximum Gasteiger partial charge on any atom is 0.124 e. The molecule has 0 saturated carbocycles. The first-order valence-electron chi connectivity index (χ1n) is 4.83. The van der Waals surface area contributed by atoms with Crippen molar-refractivity contribution in [1.29, 1.82) is 0 Å². The summed E-state index contributed by atoms with van der Waals surface area (Å²) in [6.45, 7) is 4.14. The third-order valence-corrected chi connectivity index (χ3v) is 3.35. The SMILES string of the molecule is Cc1ncc(C(C)Nc2ccnn2C)s1. The molecule has 80 valence electrons. The van der Waals surface area contributed by atoms with E-state index in [-0.39, 0.29) is 6.04 Å². The van der Waals surface area contributed by atoms with Crippen molar-refractivity contribution in [2.45, 2.75) is 19.9 Å². The van der Waals surface area contributed by atoms with E-state index < -0.39 is 0 Å². The maximum absolute atomic E-state index is 4.25. The van der Waals surface area contributed by atoms with Gasteiger partial charge in [-0.15, -0.1) is 11.3 Å². The molecule has 0 aromatic carbocycles. The molecule has 5 heteroatoms. The molecule has 0 aliphatic carbocycles.